The van der Waals surface area contributed by atoms with Crippen LogP contribution < -0.4 is 11.1 Å². The Morgan fingerprint density at radius 2 is 2.09 bits per heavy atom. The van der Waals surface area contributed by atoms with Crippen LogP contribution >= 0.6 is 0 Å². The summed E-state index contributed by atoms with van der Waals surface area (Å²) in [6, 6.07) is 10.6. The van der Waals surface area contributed by atoms with E-state index in [-0.39, 0.29) is 0 Å². The highest BCUT2D eigenvalue weighted by atomic mass is 14.9. The summed E-state index contributed by atoms with van der Waals surface area (Å²) in [6.07, 6.45) is 1.03. The van der Waals surface area contributed by atoms with Crippen molar-refractivity contribution in [1.29, 1.82) is 0 Å². The number of nitrogens with two attached hydrogens (primary N) is 1. The van der Waals surface area contributed by atoms with Crippen LogP contribution in [0.2, 0.25) is 0 Å². The molecule has 2 heterocycles. The molecule has 0 radical (unpaired) electrons. The van der Waals surface area contributed by atoms with Gasteiger partial charge in [-0.15, -0.1) is 0 Å². The predicted octanol–water partition coefficient (Wildman–Crippen LogP) is 4.63. The number of benzene rings is 1. The summed E-state index contributed by atoms with van der Waals surface area (Å²) in [5.41, 5.74) is 13.1. The normalized spacial score (nSPS) is 10.9. The van der Waals surface area contributed by atoms with E-state index in [9.17, 15) is 0 Å². The molecule has 0 fully saturated rings. The Morgan fingerprint density at radius 3 is 2.78 bits per heavy atom. The van der Waals surface area contributed by atoms with Crippen molar-refractivity contribution in [3.05, 3.63) is 53.9 Å². The van der Waals surface area contributed by atoms with Crippen LogP contribution in [0.15, 0.2) is 42.6 Å². The van der Waals surface area contributed by atoms with Crippen molar-refractivity contribution in [2.24, 2.45) is 0 Å². The molecule has 4 N–H and O–H groups in total. The van der Waals surface area contributed by atoms with Gasteiger partial charge in [0.1, 0.15) is 5.82 Å². The number of rotatable bonds is 4. The number of anilines is 2. The minimum Gasteiger partial charge on any atom is -0.384 e. The summed E-state index contributed by atoms with van der Waals surface area (Å²) >= 11 is 0. The number of aromatic amines is 1. The van der Waals surface area contributed by atoms with E-state index in [0.717, 1.165) is 40.3 Å². The van der Waals surface area contributed by atoms with E-state index in [1.807, 2.05) is 19.9 Å². The number of H-pyrrole nitrogens is 1. The summed E-state index contributed by atoms with van der Waals surface area (Å²) in [7, 11) is 0. The van der Waals surface area contributed by atoms with Crippen molar-refractivity contribution >= 4 is 22.4 Å². The van der Waals surface area contributed by atoms with Crippen LogP contribution in [0.25, 0.3) is 22.2 Å². The fourth-order valence-electron chi connectivity index (χ4n) is 2.83. The number of nitrogens with one attached hydrogen (secondary N) is 2. The monoisotopic (exact) mass is 306 g/mol. The Morgan fingerprint density at radius 1 is 1.30 bits per heavy atom. The van der Waals surface area contributed by atoms with Gasteiger partial charge >= 0.3 is 0 Å². The number of hydrogen-bond acceptors (Lipinski definition) is 3. The quantitative estimate of drug-likeness (QED) is 0.658. The van der Waals surface area contributed by atoms with Gasteiger partial charge in [0, 0.05) is 27.9 Å². The van der Waals surface area contributed by atoms with E-state index in [1.54, 1.807) is 0 Å². The van der Waals surface area contributed by atoms with E-state index in [2.05, 4.69) is 53.1 Å². The molecule has 1 aromatic carbocycles. The topological polar surface area (TPSA) is 66.7 Å². The molecule has 3 rings (SSSR count). The first-order valence-corrected chi connectivity index (χ1v) is 7.79. The van der Waals surface area contributed by atoms with Gasteiger partial charge in [0.05, 0.1) is 11.4 Å². The first kappa shape index (κ1) is 15.2. The third-order valence-corrected chi connectivity index (χ3v) is 3.94. The number of nitrogens with zero attached hydrogens (tertiary/aromatic N) is 1. The van der Waals surface area contributed by atoms with Crippen molar-refractivity contribution in [3.63, 3.8) is 0 Å². The largest absolute Gasteiger partial charge is 0.384 e. The van der Waals surface area contributed by atoms with Gasteiger partial charge in [-0.05, 0) is 50.1 Å². The van der Waals surface area contributed by atoms with Crippen LogP contribution in [-0.2, 0) is 6.42 Å². The van der Waals surface area contributed by atoms with Gasteiger partial charge in [-0.3, -0.25) is 0 Å². The second-order valence-corrected chi connectivity index (χ2v) is 5.92. The van der Waals surface area contributed by atoms with Crippen LogP contribution in [-0.4, -0.2) is 9.97 Å². The maximum atomic E-state index is 5.96. The third-order valence-electron chi connectivity index (χ3n) is 3.94. The lowest BCUT2D eigenvalue weighted by Gasteiger charge is -2.14. The Kier molecular flexibility index (Phi) is 3.82. The molecule has 3 aromatic rings. The molecule has 0 spiro atoms. The van der Waals surface area contributed by atoms with Gasteiger partial charge in [0.25, 0.3) is 0 Å². The molecule has 118 valence electrons. The number of hydrogen-bond donors (Lipinski definition) is 3. The Hall–Kier alpha value is -2.75. The molecule has 0 saturated heterocycles. The fraction of sp³-hybridized carbons (Fsp3) is 0.211. The lowest BCUT2D eigenvalue weighted by molar-refractivity contribution is 1.15. The number of allylic oxidation sites excluding steroid dienone is 1. The van der Waals surface area contributed by atoms with E-state index in [1.165, 1.54) is 10.9 Å². The summed E-state index contributed by atoms with van der Waals surface area (Å²) in [5.74, 6) is 0.512. The van der Waals surface area contributed by atoms with Crippen molar-refractivity contribution in [1.82, 2.24) is 9.97 Å². The SMILES string of the molecule is C=C(C)Nc1c(-c2cc3cc(CC)ccc3[nH]2)cc(N)nc1C. The number of aromatic nitrogens is 2. The number of nitrogen functional groups attached to an aromatic ring is 1. The van der Waals surface area contributed by atoms with Crippen molar-refractivity contribution in [3.8, 4) is 11.3 Å². The van der Waals surface area contributed by atoms with Crippen molar-refractivity contribution < 1.29 is 0 Å². The first-order valence-electron chi connectivity index (χ1n) is 7.79. The van der Waals surface area contributed by atoms with Gasteiger partial charge in [0.15, 0.2) is 0 Å². The molecule has 0 aliphatic heterocycles. The van der Waals surface area contributed by atoms with Crippen LogP contribution in [0.5, 0.6) is 0 Å². The molecular weight excluding hydrogens is 284 g/mol. The number of fused-ring (bicyclic) bond motifs is 1. The molecule has 23 heavy (non-hydrogen) atoms. The summed E-state index contributed by atoms with van der Waals surface area (Å²) in [4.78, 5) is 7.83. The van der Waals surface area contributed by atoms with E-state index in [4.69, 9.17) is 5.73 Å². The van der Waals surface area contributed by atoms with Gasteiger partial charge in [-0.1, -0.05) is 19.6 Å². The zero-order chi connectivity index (χ0) is 16.6. The molecular formula is C19H22N4. The van der Waals surface area contributed by atoms with E-state index < -0.39 is 0 Å². The molecule has 4 heteroatoms. The van der Waals surface area contributed by atoms with Crippen LogP contribution in [0.3, 0.4) is 0 Å². The van der Waals surface area contributed by atoms with Gasteiger partial charge in [-0.2, -0.15) is 0 Å². The van der Waals surface area contributed by atoms with E-state index >= 15 is 0 Å². The first-order chi connectivity index (χ1) is 11.0. The maximum Gasteiger partial charge on any atom is 0.124 e. The highest BCUT2D eigenvalue weighted by molar-refractivity contribution is 5.90. The minimum atomic E-state index is 0.512. The lowest BCUT2D eigenvalue weighted by Crippen LogP contribution is -2.03. The van der Waals surface area contributed by atoms with Crippen LogP contribution in [0.4, 0.5) is 11.5 Å². The molecule has 0 aliphatic carbocycles. The maximum absolute atomic E-state index is 5.96. The Bertz CT molecular complexity index is 890. The average Bonchev–Trinajstić information content (AvgIpc) is 2.92. The van der Waals surface area contributed by atoms with Crippen molar-refractivity contribution in [2.45, 2.75) is 27.2 Å². The molecule has 0 bridgehead atoms. The second kappa shape index (κ2) is 5.80. The van der Waals surface area contributed by atoms with Crippen LogP contribution in [0.1, 0.15) is 25.1 Å². The Balaban J connectivity index is 2.19. The lowest BCUT2D eigenvalue weighted by atomic mass is 10.1. The van der Waals surface area contributed by atoms with Crippen LogP contribution in [0, 0.1) is 6.92 Å². The highest BCUT2D eigenvalue weighted by Crippen LogP contribution is 2.34. The smallest absolute Gasteiger partial charge is 0.124 e. The predicted molar refractivity (Wildman–Crippen MR) is 98.5 cm³/mol. The molecule has 2 aromatic heterocycles. The molecule has 0 aliphatic rings. The third kappa shape index (κ3) is 2.93. The highest BCUT2D eigenvalue weighted by Gasteiger charge is 2.13. The molecule has 0 unspecified atom stereocenters. The number of aryl methyl sites for hydroxylation is 2. The minimum absolute atomic E-state index is 0.512. The molecule has 0 saturated carbocycles. The average molecular weight is 306 g/mol. The number of pyridine rings is 1. The van der Waals surface area contributed by atoms with Crippen molar-refractivity contribution in [2.75, 3.05) is 11.1 Å². The molecule has 0 amide bonds. The summed E-state index contributed by atoms with van der Waals surface area (Å²) in [6.45, 7) is 9.97. The Labute approximate surface area is 136 Å². The standard InChI is InChI=1S/C19H22N4/c1-5-13-6-7-16-14(8-13)9-17(23-16)15-10-18(20)22-12(4)19(15)21-11(2)3/h6-10,21,23H,2,5H2,1,3-4H3,(H2,20,22). The molecule has 4 nitrogen and oxygen atoms in total. The fourth-order valence-corrected chi connectivity index (χ4v) is 2.83. The van der Waals surface area contributed by atoms with Gasteiger partial charge in [-0.25, -0.2) is 4.98 Å². The summed E-state index contributed by atoms with van der Waals surface area (Å²) < 4.78 is 0. The zero-order valence-electron chi connectivity index (χ0n) is 13.8. The van der Waals surface area contributed by atoms with Gasteiger partial charge in [0.2, 0.25) is 0 Å². The second-order valence-electron chi connectivity index (χ2n) is 5.92. The molecule has 0 atom stereocenters. The van der Waals surface area contributed by atoms with E-state index in [0.29, 0.717) is 5.82 Å². The summed E-state index contributed by atoms with van der Waals surface area (Å²) in [5, 5.41) is 4.50. The zero-order valence-corrected chi connectivity index (χ0v) is 13.8. The van der Waals surface area contributed by atoms with Gasteiger partial charge < -0.3 is 16.0 Å².